The summed E-state index contributed by atoms with van der Waals surface area (Å²) in [7, 11) is 3.42. The normalized spacial score (nSPS) is 10.2. The molecular formula is C19H22FN3O3. The van der Waals surface area contributed by atoms with Crippen molar-refractivity contribution in [2.45, 2.75) is 6.92 Å². The SMILES string of the molecule is CCOc1ccc(NC(=O)CNC(=O)c2ccc(N(C)C)c(F)c2)cc1. The molecule has 0 unspecified atom stereocenters. The van der Waals surface area contributed by atoms with Gasteiger partial charge < -0.3 is 20.3 Å². The molecule has 2 aromatic rings. The Kier molecular flexibility index (Phi) is 6.54. The molecular weight excluding hydrogens is 337 g/mol. The van der Waals surface area contributed by atoms with Gasteiger partial charge in [-0.3, -0.25) is 9.59 Å². The van der Waals surface area contributed by atoms with Crippen LogP contribution in [0.5, 0.6) is 5.75 Å². The Hall–Kier alpha value is -3.09. The summed E-state index contributed by atoms with van der Waals surface area (Å²) >= 11 is 0. The Labute approximate surface area is 152 Å². The van der Waals surface area contributed by atoms with Crippen LogP contribution >= 0.6 is 0 Å². The van der Waals surface area contributed by atoms with Gasteiger partial charge in [-0.25, -0.2) is 4.39 Å². The summed E-state index contributed by atoms with van der Waals surface area (Å²) in [5.74, 6) is -0.688. The van der Waals surface area contributed by atoms with Crippen LogP contribution < -0.4 is 20.3 Å². The van der Waals surface area contributed by atoms with E-state index >= 15 is 0 Å². The number of anilines is 2. The van der Waals surface area contributed by atoms with Gasteiger partial charge in [-0.2, -0.15) is 0 Å². The number of amides is 2. The zero-order valence-electron chi connectivity index (χ0n) is 15.0. The number of nitrogens with one attached hydrogen (secondary N) is 2. The van der Waals surface area contributed by atoms with Crippen molar-refractivity contribution in [3.05, 3.63) is 53.8 Å². The van der Waals surface area contributed by atoms with Crippen LogP contribution in [0.4, 0.5) is 15.8 Å². The Morgan fingerprint density at radius 2 is 1.81 bits per heavy atom. The smallest absolute Gasteiger partial charge is 0.251 e. The summed E-state index contributed by atoms with van der Waals surface area (Å²) in [6, 6.07) is 11.1. The zero-order valence-corrected chi connectivity index (χ0v) is 15.0. The summed E-state index contributed by atoms with van der Waals surface area (Å²) in [5.41, 5.74) is 1.13. The van der Waals surface area contributed by atoms with Crippen LogP contribution in [0.2, 0.25) is 0 Å². The van der Waals surface area contributed by atoms with Gasteiger partial charge in [-0.1, -0.05) is 0 Å². The van der Waals surface area contributed by atoms with Gasteiger partial charge in [0.2, 0.25) is 5.91 Å². The Bertz CT molecular complexity index is 776. The molecule has 0 aromatic heterocycles. The molecule has 0 aliphatic carbocycles. The first-order valence-corrected chi connectivity index (χ1v) is 8.18. The molecule has 6 nitrogen and oxygen atoms in total. The molecule has 138 valence electrons. The number of halogens is 1. The minimum atomic E-state index is -0.518. The number of rotatable bonds is 7. The molecule has 0 atom stereocenters. The molecule has 0 radical (unpaired) electrons. The van der Waals surface area contributed by atoms with Gasteiger partial charge in [0.15, 0.2) is 0 Å². The highest BCUT2D eigenvalue weighted by molar-refractivity contribution is 5.99. The van der Waals surface area contributed by atoms with Gasteiger partial charge in [-0.15, -0.1) is 0 Å². The van der Waals surface area contributed by atoms with Crippen molar-refractivity contribution >= 4 is 23.2 Å². The van der Waals surface area contributed by atoms with Gasteiger partial charge in [0, 0.05) is 25.3 Å². The second-order valence-corrected chi connectivity index (χ2v) is 5.75. The average Bonchev–Trinajstić information content (AvgIpc) is 2.61. The summed E-state index contributed by atoms with van der Waals surface area (Å²) in [6.45, 7) is 2.23. The Balaban J connectivity index is 1.88. The molecule has 2 amide bonds. The highest BCUT2D eigenvalue weighted by atomic mass is 19.1. The van der Waals surface area contributed by atoms with E-state index in [0.717, 1.165) is 6.07 Å². The van der Waals surface area contributed by atoms with E-state index in [4.69, 9.17) is 4.74 Å². The van der Waals surface area contributed by atoms with E-state index in [1.54, 1.807) is 43.3 Å². The molecule has 0 bridgehead atoms. The monoisotopic (exact) mass is 359 g/mol. The standard InChI is InChI=1S/C19H22FN3O3/c1-4-26-15-8-6-14(7-9-15)22-18(24)12-21-19(25)13-5-10-17(23(2)3)16(20)11-13/h5-11H,4,12H2,1-3H3,(H,21,25)(H,22,24). The van der Waals surface area contributed by atoms with Crippen molar-refractivity contribution in [3.8, 4) is 5.75 Å². The van der Waals surface area contributed by atoms with Gasteiger partial charge >= 0.3 is 0 Å². The lowest BCUT2D eigenvalue weighted by Crippen LogP contribution is -2.32. The second-order valence-electron chi connectivity index (χ2n) is 5.75. The van der Waals surface area contributed by atoms with Crippen molar-refractivity contribution < 1.29 is 18.7 Å². The Morgan fingerprint density at radius 3 is 2.38 bits per heavy atom. The number of benzene rings is 2. The van der Waals surface area contributed by atoms with Crippen LogP contribution in [0.1, 0.15) is 17.3 Å². The maximum absolute atomic E-state index is 13.9. The third-order valence-electron chi connectivity index (χ3n) is 3.55. The highest BCUT2D eigenvalue weighted by Crippen LogP contribution is 2.18. The quantitative estimate of drug-likeness (QED) is 0.797. The summed E-state index contributed by atoms with van der Waals surface area (Å²) in [6.07, 6.45) is 0. The first kappa shape index (κ1) is 19.2. The number of ether oxygens (including phenoxy) is 1. The predicted octanol–water partition coefficient (Wildman–Crippen LogP) is 2.66. The van der Waals surface area contributed by atoms with Gasteiger partial charge in [0.05, 0.1) is 18.8 Å². The lowest BCUT2D eigenvalue weighted by atomic mass is 10.1. The summed E-state index contributed by atoms with van der Waals surface area (Å²) < 4.78 is 19.2. The van der Waals surface area contributed by atoms with Crippen LogP contribution in [-0.4, -0.2) is 39.1 Å². The number of carbonyl (C=O) groups excluding carboxylic acids is 2. The maximum atomic E-state index is 13.9. The molecule has 0 heterocycles. The second kappa shape index (κ2) is 8.84. The first-order valence-electron chi connectivity index (χ1n) is 8.18. The van der Waals surface area contributed by atoms with Crippen molar-refractivity contribution in [1.29, 1.82) is 0 Å². The fourth-order valence-corrected chi connectivity index (χ4v) is 2.28. The largest absolute Gasteiger partial charge is 0.494 e. The van der Waals surface area contributed by atoms with E-state index in [9.17, 15) is 14.0 Å². The molecule has 26 heavy (non-hydrogen) atoms. The molecule has 2 rings (SSSR count). The fraction of sp³-hybridized carbons (Fsp3) is 0.263. The van der Waals surface area contributed by atoms with Crippen LogP contribution in [0.25, 0.3) is 0 Å². The zero-order chi connectivity index (χ0) is 19.1. The van der Waals surface area contributed by atoms with Crippen LogP contribution in [0.3, 0.4) is 0 Å². The van der Waals surface area contributed by atoms with Crippen LogP contribution in [-0.2, 0) is 4.79 Å². The van der Waals surface area contributed by atoms with Crippen molar-refractivity contribution in [2.24, 2.45) is 0 Å². The maximum Gasteiger partial charge on any atom is 0.251 e. The van der Waals surface area contributed by atoms with Crippen molar-refractivity contribution in [2.75, 3.05) is 37.5 Å². The van der Waals surface area contributed by atoms with Gasteiger partial charge in [0.1, 0.15) is 11.6 Å². The molecule has 2 N–H and O–H groups in total. The lowest BCUT2D eigenvalue weighted by Gasteiger charge is -2.14. The number of nitrogens with zero attached hydrogens (tertiary/aromatic N) is 1. The Morgan fingerprint density at radius 1 is 1.12 bits per heavy atom. The van der Waals surface area contributed by atoms with Gasteiger partial charge in [0.25, 0.3) is 5.91 Å². The van der Waals surface area contributed by atoms with E-state index < -0.39 is 11.7 Å². The molecule has 0 aliphatic rings. The number of hydrogen-bond acceptors (Lipinski definition) is 4. The highest BCUT2D eigenvalue weighted by Gasteiger charge is 2.12. The molecule has 0 aliphatic heterocycles. The van der Waals surface area contributed by atoms with Gasteiger partial charge in [-0.05, 0) is 49.4 Å². The van der Waals surface area contributed by atoms with E-state index in [1.807, 2.05) is 6.92 Å². The first-order chi connectivity index (χ1) is 12.4. The van der Waals surface area contributed by atoms with E-state index in [0.29, 0.717) is 23.7 Å². The molecule has 0 fully saturated rings. The minimum Gasteiger partial charge on any atom is -0.494 e. The lowest BCUT2D eigenvalue weighted by molar-refractivity contribution is -0.115. The molecule has 0 saturated heterocycles. The van der Waals surface area contributed by atoms with Crippen LogP contribution in [0.15, 0.2) is 42.5 Å². The summed E-state index contributed by atoms with van der Waals surface area (Å²) in [4.78, 5) is 25.6. The van der Waals surface area contributed by atoms with E-state index in [-0.39, 0.29) is 18.0 Å². The van der Waals surface area contributed by atoms with Crippen molar-refractivity contribution in [1.82, 2.24) is 5.32 Å². The van der Waals surface area contributed by atoms with Crippen LogP contribution in [0, 0.1) is 5.82 Å². The molecule has 7 heteroatoms. The summed E-state index contributed by atoms with van der Waals surface area (Å²) in [5, 5.41) is 5.13. The minimum absolute atomic E-state index is 0.155. The van der Waals surface area contributed by atoms with E-state index in [2.05, 4.69) is 10.6 Å². The third kappa shape index (κ3) is 5.20. The molecule has 0 spiro atoms. The number of hydrogen-bond donors (Lipinski definition) is 2. The van der Waals surface area contributed by atoms with E-state index in [1.165, 1.54) is 12.1 Å². The molecule has 0 saturated carbocycles. The topological polar surface area (TPSA) is 70.7 Å². The molecule has 2 aromatic carbocycles. The third-order valence-corrected chi connectivity index (χ3v) is 3.55. The van der Waals surface area contributed by atoms with Crippen molar-refractivity contribution in [3.63, 3.8) is 0 Å². The fourth-order valence-electron chi connectivity index (χ4n) is 2.28. The number of carbonyl (C=O) groups is 2. The average molecular weight is 359 g/mol. The predicted molar refractivity (Wildman–Crippen MR) is 99.3 cm³/mol.